The number of hydrogen-bond donors (Lipinski definition) is 0. The van der Waals surface area contributed by atoms with Crippen LogP contribution in [0, 0.1) is 0 Å². The smallest absolute Gasteiger partial charge is 0.453 e. The fraction of sp³-hybridized carbons (Fsp3) is 0.800. The van der Waals surface area contributed by atoms with Crippen molar-refractivity contribution in [1.82, 2.24) is 0 Å². The summed E-state index contributed by atoms with van der Waals surface area (Å²) < 4.78 is 13.9. The summed E-state index contributed by atoms with van der Waals surface area (Å²) in [5.41, 5.74) is 0. The second-order valence-electron chi connectivity index (χ2n) is 1.69. The SMILES string of the molecule is COB(C)OCC(=O)OC. The Morgan fingerprint density at radius 3 is 2.50 bits per heavy atom. The molecule has 0 aromatic rings. The highest BCUT2D eigenvalue weighted by Crippen LogP contribution is 1.85. The lowest BCUT2D eigenvalue weighted by atomic mass is 9.96. The number of rotatable bonds is 4. The van der Waals surface area contributed by atoms with Gasteiger partial charge in [-0.25, -0.2) is 4.79 Å². The van der Waals surface area contributed by atoms with E-state index in [1.807, 2.05) is 0 Å². The molecule has 0 spiro atoms. The topological polar surface area (TPSA) is 44.8 Å². The zero-order chi connectivity index (χ0) is 7.98. The molecule has 0 amide bonds. The predicted octanol–water partition coefficient (Wildman–Crippen LogP) is -0.0596. The fourth-order valence-electron chi connectivity index (χ4n) is 0.312. The summed E-state index contributed by atoms with van der Waals surface area (Å²) in [6.07, 6.45) is 0. The highest BCUT2D eigenvalue weighted by molar-refractivity contribution is 6.42. The van der Waals surface area contributed by atoms with E-state index in [1.165, 1.54) is 14.2 Å². The summed E-state index contributed by atoms with van der Waals surface area (Å²) in [5.74, 6) is -0.399. The van der Waals surface area contributed by atoms with Gasteiger partial charge in [0.15, 0.2) is 0 Å². The van der Waals surface area contributed by atoms with Crippen LogP contribution in [0.3, 0.4) is 0 Å². The lowest BCUT2D eigenvalue weighted by Gasteiger charge is -2.04. The molecule has 0 saturated carbocycles. The molecule has 0 aliphatic rings. The van der Waals surface area contributed by atoms with E-state index in [0.717, 1.165) is 0 Å². The van der Waals surface area contributed by atoms with E-state index in [4.69, 9.17) is 9.31 Å². The zero-order valence-corrected chi connectivity index (χ0v) is 6.42. The normalized spacial score (nSPS) is 9.10. The number of esters is 1. The van der Waals surface area contributed by atoms with Gasteiger partial charge in [0, 0.05) is 7.11 Å². The van der Waals surface area contributed by atoms with Gasteiger partial charge in [0.2, 0.25) is 0 Å². The van der Waals surface area contributed by atoms with E-state index in [0.29, 0.717) is 0 Å². The Morgan fingerprint density at radius 1 is 1.50 bits per heavy atom. The predicted molar refractivity (Wildman–Crippen MR) is 36.6 cm³/mol. The Labute approximate surface area is 60.6 Å². The maximum absolute atomic E-state index is 10.4. The van der Waals surface area contributed by atoms with Crippen LogP contribution in [0.5, 0.6) is 0 Å². The molecule has 10 heavy (non-hydrogen) atoms. The molecular weight excluding hydrogens is 135 g/mol. The summed E-state index contributed by atoms with van der Waals surface area (Å²) in [6, 6.07) is 0. The Balaban J connectivity index is 3.26. The van der Waals surface area contributed by atoms with Crippen LogP contribution in [0.1, 0.15) is 0 Å². The number of carbonyl (C=O) groups excluding carboxylic acids is 1. The van der Waals surface area contributed by atoms with Crippen LogP contribution in [-0.4, -0.2) is 33.9 Å². The molecular formula is C5H11BO4. The van der Waals surface area contributed by atoms with Crippen LogP contribution in [0.2, 0.25) is 6.82 Å². The van der Waals surface area contributed by atoms with Crippen LogP contribution in [-0.2, 0) is 18.8 Å². The molecule has 0 aliphatic carbocycles. The van der Waals surface area contributed by atoms with Crippen LogP contribution >= 0.6 is 0 Å². The summed E-state index contributed by atoms with van der Waals surface area (Å²) in [5, 5.41) is 0. The zero-order valence-electron chi connectivity index (χ0n) is 6.42. The third-order valence-corrected chi connectivity index (χ3v) is 0.995. The van der Waals surface area contributed by atoms with Crippen LogP contribution < -0.4 is 0 Å². The first-order valence-electron chi connectivity index (χ1n) is 2.92. The van der Waals surface area contributed by atoms with E-state index >= 15 is 0 Å². The van der Waals surface area contributed by atoms with Gasteiger partial charge in [0.1, 0.15) is 6.61 Å². The summed E-state index contributed by atoms with van der Waals surface area (Å²) >= 11 is 0. The van der Waals surface area contributed by atoms with Crippen molar-refractivity contribution in [2.75, 3.05) is 20.8 Å². The van der Waals surface area contributed by atoms with Crippen molar-refractivity contribution < 1.29 is 18.8 Å². The molecule has 4 nitrogen and oxygen atoms in total. The van der Waals surface area contributed by atoms with Crippen molar-refractivity contribution in [3.63, 3.8) is 0 Å². The van der Waals surface area contributed by atoms with Crippen LogP contribution in [0.25, 0.3) is 0 Å². The number of carbonyl (C=O) groups is 1. The molecule has 0 radical (unpaired) electrons. The Hall–Kier alpha value is -0.545. The summed E-state index contributed by atoms with van der Waals surface area (Å²) in [7, 11) is 2.45. The van der Waals surface area contributed by atoms with Gasteiger partial charge in [-0.3, -0.25) is 0 Å². The van der Waals surface area contributed by atoms with Gasteiger partial charge in [-0.2, -0.15) is 0 Å². The van der Waals surface area contributed by atoms with Crippen molar-refractivity contribution in [1.29, 1.82) is 0 Å². The van der Waals surface area contributed by atoms with Crippen molar-refractivity contribution in [3.05, 3.63) is 0 Å². The molecule has 58 valence electrons. The number of ether oxygens (including phenoxy) is 1. The average molecular weight is 146 g/mol. The molecule has 0 bridgehead atoms. The monoisotopic (exact) mass is 146 g/mol. The standard InChI is InChI=1S/C5H11BO4/c1-6(9-3)10-4-5(7)8-2/h4H2,1-3H3. The quantitative estimate of drug-likeness (QED) is 0.411. The highest BCUT2D eigenvalue weighted by Gasteiger charge is 2.09. The molecule has 0 aromatic heterocycles. The minimum atomic E-state index is -0.399. The van der Waals surface area contributed by atoms with E-state index in [2.05, 4.69) is 4.74 Å². The second-order valence-corrected chi connectivity index (χ2v) is 1.69. The van der Waals surface area contributed by atoms with Crippen molar-refractivity contribution in [2.24, 2.45) is 0 Å². The third-order valence-electron chi connectivity index (χ3n) is 0.995. The molecule has 0 heterocycles. The lowest BCUT2D eigenvalue weighted by molar-refractivity contribution is -0.143. The van der Waals surface area contributed by atoms with Gasteiger partial charge in [0.25, 0.3) is 0 Å². The summed E-state index contributed by atoms with van der Waals surface area (Å²) in [6.45, 7) is 1.63. The number of methoxy groups -OCH3 is 1. The van der Waals surface area contributed by atoms with Gasteiger partial charge in [-0.15, -0.1) is 0 Å². The van der Waals surface area contributed by atoms with E-state index in [9.17, 15) is 4.79 Å². The minimum Gasteiger partial charge on any atom is -0.467 e. The van der Waals surface area contributed by atoms with Gasteiger partial charge < -0.3 is 14.0 Å². The lowest BCUT2D eigenvalue weighted by Crippen LogP contribution is -2.21. The van der Waals surface area contributed by atoms with Crippen molar-refractivity contribution >= 4 is 13.1 Å². The first-order chi connectivity index (χ1) is 4.70. The average Bonchev–Trinajstić information content (AvgIpc) is 1.99. The third kappa shape index (κ3) is 4.35. The van der Waals surface area contributed by atoms with E-state index in [-0.39, 0.29) is 13.7 Å². The molecule has 0 unspecified atom stereocenters. The van der Waals surface area contributed by atoms with Gasteiger partial charge >= 0.3 is 13.1 Å². The Bertz CT molecular complexity index is 106. The van der Waals surface area contributed by atoms with Crippen LogP contribution in [0.15, 0.2) is 0 Å². The van der Waals surface area contributed by atoms with Gasteiger partial charge in [0.05, 0.1) is 7.11 Å². The van der Waals surface area contributed by atoms with E-state index in [1.54, 1.807) is 6.82 Å². The highest BCUT2D eigenvalue weighted by atomic mass is 16.6. The molecule has 0 fully saturated rings. The molecule has 0 atom stereocenters. The minimum absolute atomic E-state index is 0.0640. The van der Waals surface area contributed by atoms with Crippen molar-refractivity contribution in [3.8, 4) is 0 Å². The maximum Gasteiger partial charge on any atom is 0.453 e. The molecule has 5 heteroatoms. The Kier molecular flexibility index (Phi) is 4.97. The summed E-state index contributed by atoms with van der Waals surface area (Å²) in [4.78, 5) is 10.4. The first kappa shape index (κ1) is 9.45. The molecule has 0 rings (SSSR count). The molecule has 0 saturated heterocycles. The van der Waals surface area contributed by atoms with Crippen LogP contribution in [0.4, 0.5) is 0 Å². The van der Waals surface area contributed by atoms with Gasteiger partial charge in [-0.1, -0.05) is 0 Å². The maximum atomic E-state index is 10.4. The first-order valence-corrected chi connectivity index (χ1v) is 2.92. The largest absolute Gasteiger partial charge is 0.467 e. The van der Waals surface area contributed by atoms with Crippen molar-refractivity contribution in [2.45, 2.75) is 6.82 Å². The fourth-order valence-corrected chi connectivity index (χ4v) is 0.312. The van der Waals surface area contributed by atoms with Gasteiger partial charge in [-0.05, 0) is 6.82 Å². The number of hydrogen-bond acceptors (Lipinski definition) is 4. The second kappa shape index (κ2) is 5.26. The Morgan fingerprint density at radius 2 is 2.10 bits per heavy atom. The molecule has 0 N–H and O–H groups in total. The molecule has 0 aliphatic heterocycles. The van der Waals surface area contributed by atoms with E-state index < -0.39 is 5.97 Å². The molecule has 0 aromatic carbocycles.